The van der Waals surface area contributed by atoms with Gasteiger partial charge in [-0.15, -0.1) is 0 Å². The Balaban J connectivity index is 2.20. The summed E-state index contributed by atoms with van der Waals surface area (Å²) in [7, 11) is 0. The van der Waals surface area contributed by atoms with Crippen molar-refractivity contribution in [2.75, 3.05) is 32.7 Å². The Morgan fingerprint density at radius 1 is 1.32 bits per heavy atom. The number of alkyl halides is 3. The molecule has 0 radical (unpaired) electrons. The first-order valence-corrected chi connectivity index (χ1v) is 7.46. The molecular weight excluding hydrogens is 299 g/mol. The first-order valence-electron chi connectivity index (χ1n) is 7.46. The fourth-order valence-electron chi connectivity index (χ4n) is 2.27. The number of nitrogens with one attached hydrogen (secondary N) is 2. The van der Waals surface area contributed by atoms with Crippen molar-refractivity contribution in [1.82, 2.24) is 15.5 Å². The number of aliphatic hydroxyl groups is 1. The average molecular weight is 325 g/mol. The predicted molar refractivity (Wildman–Crippen MR) is 77.5 cm³/mol. The summed E-state index contributed by atoms with van der Waals surface area (Å²) in [6, 6.07) is -0.405. The molecule has 130 valence electrons. The molecule has 2 amide bonds. The Morgan fingerprint density at radius 2 is 1.95 bits per heavy atom. The van der Waals surface area contributed by atoms with E-state index in [9.17, 15) is 23.1 Å². The minimum Gasteiger partial charge on any atom is -0.391 e. The number of hydrogen-bond donors (Lipinski definition) is 3. The van der Waals surface area contributed by atoms with E-state index in [0.717, 1.165) is 0 Å². The summed E-state index contributed by atoms with van der Waals surface area (Å²) in [5.74, 6) is 0.0284. The van der Waals surface area contributed by atoms with Gasteiger partial charge in [0, 0.05) is 19.6 Å². The van der Waals surface area contributed by atoms with Gasteiger partial charge in [0.15, 0.2) is 0 Å². The highest BCUT2D eigenvalue weighted by Crippen LogP contribution is 2.22. The van der Waals surface area contributed by atoms with Gasteiger partial charge >= 0.3 is 12.2 Å². The molecule has 1 rings (SSSR count). The van der Waals surface area contributed by atoms with E-state index in [0.29, 0.717) is 26.1 Å². The second-order valence-corrected chi connectivity index (χ2v) is 6.98. The summed E-state index contributed by atoms with van der Waals surface area (Å²) in [6.07, 6.45) is -4.20. The molecule has 0 saturated carbocycles. The summed E-state index contributed by atoms with van der Waals surface area (Å²) >= 11 is 0. The molecule has 2 atom stereocenters. The van der Waals surface area contributed by atoms with Crippen LogP contribution < -0.4 is 10.6 Å². The third-order valence-electron chi connectivity index (χ3n) is 3.78. The molecule has 1 saturated heterocycles. The molecule has 0 aromatic rings. The Hall–Kier alpha value is -1.02. The van der Waals surface area contributed by atoms with E-state index in [-0.39, 0.29) is 17.9 Å². The van der Waals surface area contributed by atoms with Crippen LogP contribution in [0.3, 0.4) is 0 Å². The largest absolute Gasteiger partial charge is 0.401 e. The Labute approximate surface area is 129 Å². The molecule has 8 heteroatoms. The number of carbonyl (C=O) groups excluding carboxylic acids is 1. The van der Waals surface area contributed by atoms with Crippen molar-refractivity contribution in [1.29, 1.82) is 0 Å². The Kier molecular flexibility index (Phi) is 6.49. The van der Waals surface area contributed by atoms with Crippen LogP contribution in [0.5, 0.6) is 0 Å². The maximum atomic E-state index is 12.3. The topological polar surface area (TPSA) is 64.6 Å². The summed E-state index contributed by atoms with van der Waals surface area (Å²) in [5, 5.41) is 15.0. The standard InChI is InChI=1S/C14H26F3N3O2/c1-13(2,3)11(21)7-19-12(22)18-6-10-4-5-20(8-10)9-14(15,16)17/h10-11,21H,4-9H2,1-3H3,(H2,18,19,22). The summed E-state index contributed by atoms with van der Waals surface area (Å²) < 4.78 is 36.8. The number of likely N-dealkylation sites (tertiary alicyclic amines) is 1. The highest BCUT2D eigenvalue weighted by Gasteiger charge is 2.34. The van der Waals surface area contributed by atoms with Crippen molar-refractivity contribution in [3.63, 3.8) is 0 Å². The van der Waals surface area contributed by atoms with E-state index in [4.69, 9.17) is 0 Å². The molecule has 22 heavy (non-hydrogen) atoms. The zero-order valence-electron chi connectivity index (χ0n) is 13.3. The number of rotatable bonds is 5. The van der Waals surface area contributed by atoms with Gasteiger partial charge in [-0.05, 0) is 24.3 Å². The van der Waals surface area contributed by atoms with Crippen molar-refractivity contribution in [3.8, 4) is 0 Å². The molecule has 2 unspecified atom stereocenters. The first kappa shape index (κ1) is 19.0. The number of hydrogen-bond acceptors (Lipinski definition) is 3. The smallest absolute Gasteiger partial charge is 0.391 e. The van der Waals surface area contributed by atoms with E-state index in [1.54, 1.807) is 0 Å². The summed E-state index contributed by atoms with van der Waals surface area (Å²) in [6.45, 7) is 5.92. The van der Waals surface area contributed by atoms with Crippen molar-refractivity contribution < 1.29 is 23.1 Å². The van der Waals surface area contributed by atoms with Crippen LogP contribution in [-0.2, 0) is 0 Å². The maximum absolute atomic E-state index is 12.3. The minimum atomic E-state index is -4.18. The Bertz CT molecular complexity index is 369. The van der Waals surface area contributed by atoms with Gasteiger partial charge in [0.2, 0.25) is 0 Å². The van der Waals surface area contributed by atoms with E-state index in [1.165, 1.54) is 4.90 Å². The minimum absolute atomic E-state index is 0.0284. The normalized spacial score (nSPS) is 21.7. The quantitative estimate of drug-likeness (QED) is 0.719. The highest BCUT2D eigenvalue weighted by molar-refractivity contribution is 5.73. The molecule has 0 spiro atoms. The van der Waals surface area contributed by atoms with Gasteiger partial charge in [0.05, 0.1) is 12.6 Å². The van der Waals surface area contributed by atoms with Crippen molar-refractivity contribution in [2.45, 2.75) is 39.5 Å². The van der Waals surface area contributed by atoms with Gasteiger partial charge < -0.3 is 15.7 Å². The highest BCUT2D eigenvalue weighted by atomic mass is 19.4. The molecular formula is C14H26F3N3O2. The fraction of sp³-hybridized carbons (Fsp3) is 0.929. The van der Waals surface area contributed by atoms with Crippen LogP contribution >= 0.6 is 0 Å². The van der Waals surface area contributed by atoms with Gasteiger partial charge in [0.1, 0.15) is 0 Å². The summed E-state index contributed by atoms with van der Waals surface area (Å²) in [4.78, 5) is 13.0. The number of urea groups is 1. The zero-order chi connectivity index (χ0) is 17.0. The molecule has 0 aromatic carbocycles. The molecule has 1 aliphatic heterocycles. The maximum Gasteiger partial charge on any atom is 0.401 e. The van der Waals surface area contributed by atoms with E-state index < -0.39 is 24.9 Å². The molecule has 3 N–H and O–H groups in total. The number of nitrogens with zero attached hydrogens (tertiary/aromatic N) is 1. The number of halogens is 3. The van der Waals surface area contributed by atoms with Crippen LogP contribution in [0.2, 0.25) is 0 Å². The SMILES string of the molecule is CC(C)(C)C(O)CNC(=O)NCC1CCN(CC(F)(F)F)C1. The molecule has 5 nitrogen and oxygen atoms in total. The number of carbonyl (C=O) groups is 1. The fourth-order valence-corrected chi connectivity index (χ4v) is 2.27. The van der Waals surface area contributed by atoms with Crippen LogP contribution in [0.15, 0.2) is 0 Å². The average Bonchev–Trinajstić information content (AvgIpc) is 2.77. The van der Waals surface area contributed by atoms with Crippen LogP contribution in [0.25, 0.3) is 0 Å². The van der Waals surface area contributed by atoms with Gasteiger partial charge in [-0.1, -0.05) is 20.8 Å². The van der Waals surface area contributed by atoms with Crippen LogP contribution in [0.1, 0.15) is 27.2 Å². The molecule has 0 aromatic heterocycles. The van der Waals surface area contributed by atoms with Gasteiger partial charge in [-0.25, -0.2) is 4.79 Å². The van der Waals surface area contributed by atoms with Crippen molar-refractivity contribution >= 4 is 6.03 Å². The lowest BCUT2D eigenvalue weighted by molar-refractivity contribution is -0.143. The zero-order valence-corrected chi connectivity index (χ0v) is 13.3. The predicted octanol–water partition coefficient (Wildman–Crippen LogP) is 1.58. The lowest BCUT2D eigenvalue weighted by Gasteiger charge is -2.26. The van der Waals surface area contributed by atoms with Crippen LogP contribution in [0.4, 0.5) is 18.0 Å². The van der Waals surface area contributed by atoms with Crippen LogP contribution in [-0.4, -0.2) is 61.0 Å². The molecule has 1 heterocycles. The molecule has 1 aliphatic rings. The molecule has 1 fully saturated rings. The molecule has 0 bridgehead atoms. The third-order valence-corrected chi connectivity index (χ3v) is 3.78. The second kappa shape index (κ2) is 7.50. The van der Waals surface area contributed by atoms with Gasteiger partial charge in [-0.3, -0.25) is 4.90 Å². The van der Waals surface area contributed by atoms with E-state index >= 15 is 0 Å². The summed E-state index contributed by atoms with van der Waals surface area (Å²) in [5.41, 5.74) is -0.323. The number of aliphatic hydroxyl groups excluding tert-OH is 1. The monoisotopic (exact) mass is 325 g/mol. The molecule has 0 aliphatic carbocycles. The lowest BCUT2D eigenvalue weighted by atomic mass is 9.89. The van der Waals surface area contributed by atoms with E-state index in [1.807, 2.05) is 20.8 Å². The first-order chi connectivity index (χ1) is 9.97. The second-order valence-electron chi connectivity index (χ2n) is 6.98. The van der Waals surface area contributed by atoms with Gasteiger partial charge in [-0.2, -0.15) is 13.2 Å². The number of amides is 2. The Morgan fingerprint density at radius 3 is 2.50 bits per heavy atom. The van der Waals surface area contributed by atoms with Crippen molar-refractivity contribution in [2.24, 2.45) is 11.3 Å². The lowest BCUT2D eigenvalue weighted by Crippen LogP contribution is -2.44. The van der Waals surface area contributed by atoms with Crippen LogP contribution in [0, 0.1) is 11.3 Å². The third kappa shape index (κ3) is 7.31. The van der Waals surface area contributed by atoms with Gasteiger partial charge in [0.25, 0.3) is 0 Å². The van der Waals surface area contributed by atoms with Crippen molar-refractivity contribution in [3.05, 3.63) is 0 Å². The van der Waals surface area contributed by atoms with E-state index in [2.05, 4.69) is 10.6 Å².